The molecule has 0 aliphatic carbocycles. The molecule has 1 N–H and O–H groups in total. The lowest BCUT2D eigenvalue weighted by Gasteiger charge is -2.08. The third-order valence-corrected chi connectivity index (χ3v) is 4.26. The largest absolute Gasteiger partial charge is 0.512 e. The van der Waals surface area contributed by atoms with Crippen molar-refractivity contribution in [3.8, 4) is 5.75 Å². The summed E-state index contributed by atoms with van der Waals surface area (Å²) in [7, 11) is 1.54. The highest BCUT2D eigenvalue weighted by Crippen LogP contribution is 2.26. The van der Waals surface area contributed by atoms with Crippen molar-refractivity contribution in [3.05, 3.63) is 76.6 Å². The molecule has 0 spiro atoms. The molecule has 0 bridgehead atoms. The molecule has 0 saturated heterocycles. The van der Waals surface area contributed by atoms with Crippen LogP contribution in [0.5, 0.6) is 5.75 Å². The van der Waals surface area contributed by atoms with Crippen LogP contribution in [0, 0.1) is 0 Å². The van der Waals surface area contributed by atoms with Gasteiger partial charge in [-0.25, -0.2) is 9.79 Å². The highest BCUT2D eigenvalue weighted by atomic mass is 16.5. The predicted molar refractivity (Wildman–Crippen MR) is 109 cm³/mol. The van der Waals surface area contributed by atoms with Crippen molar-refractivity contribution in [2.45, 2.75) is 13.8 Å². The first-order chi connectivity index (χ1) is 14.0. The number of aliphatic hydroxyl groups excluding tert-OH is 1. The molecule has 7 heteroatoms. The molecule has 2 aromatic rings. The summed E-state index contributed by atoms with van der Waals surface area (Å²) in [6.45, 7) is 3.21. The number of carbonyl (C=O) groups excluding carboxylic acids is 2. The zero-order valence-electron chi connectivity index (χ0n) is 16.3. The number of benzene rings is 2. The average molecular weight is 392 g/mol. The maximum absolute atomic E-state index is 12.6. The topological polar surface area (TPSA) is 97.6 Å². The van der Waals surface area contributed by atoms with Gasteiger partial charge in [-0.2, -0.15) is 4.99 Å². The number of ether oxygens (including phenoxy) is 2. The first-order valence-corrected chi connectivity index (χ1v) is 8.99. The number of methoxy groups -OCH3 is 1. The number of hydrogen-bond acceptors (Lipinski definition) is 5. The Bertz CT molecular complexity index is 1050. The number of fused-ring (bicyclic) bond motifs is 1. The van der Waals surface area contributed by atoms with Gasteiger partial charge in [-0.05, 0) is 38.1 Å². The van der Waals surface area contributed by atoms with E-state index in [0.717, 1.165) is 0 Å². The van der Waals surface area contributed by atoms with Crippen LogP contribution in [0.15, 0.2) is 69.8 Å². The lowest BCUT2D eigenvalue weighted by Crippen LogP contribution is -2.18. The van der Waals surface area contributed by atoms with E-state index >= 15 is 0 Å². The van der Waals surface area contributed by atoms with Gasteiger partial charge >= 0.3 is 5.97 Å². The van der Waals surface area contributed by atoms with Gasteiger partial charge in [0.2, 0.25) is 0 Å². The number of amidine groups is 1. The summed E-state index contributed by atoms with van der Waals surface area (Å²) in [4.78, 5) is 33.5. The van der Waals surface area contributed by atoms with E-state index in [1.807, 2.05) is 0 Å². The molecular formula is C22H20N2O5. The number of rotatable bonds is 5. The molecule has 29 heavy (non-hydrogen) atoms. The number of amides is 1. The van der Waals surface area contributed by atoms with E-state index in [9.17, 15) is 14.7 Å². The molecule has 1 aliphatic rings. The van der Waals surface area contributed by atoms with Crippen LogP contribution in [0.4, 0.5) is 0 Å². The SMILES string of the molecule is CCOC(=O)/C(C1=NC(=NC(=O)c2ccc(OC)cc2)c2ccccc21)=C(/C)O. The Morgan fingerprint density at radius 3 is 2.31 bits per heavy atom. The molecule has 2 aromatic carbocycles. The molecule has 0 saturated carbocycles. The van der Waals surface area contributed by atoms with Crippen molar-refractivity contribution >= 4 is 23.4 Å². The molecule has 0 unspecified atom stereocenters. The van der Waals surface area contributed by atoms with E-state index < -0.39 is 11.9 Å². The van der Waals surface area contributed by atoms with Gasteiger partial charge in [0.15, 0.2) is 5.84 Å². The fourth-order valence-corrected chi connectivity index (χ4v) is 2.90. The summed E-state index contributed by atoms with van der Waals surface area (Å²) < 4.78 is 10.1. The molecule has 1 heterocycles. The van der Waals surface area contributed by atoms with Gasteiger partial charge in [0.25, 0.3) is 5.91 Å². The highest BCUT2D eigenvalue weighted by molar-refractivity contribution is 6.36. The van der Waals surface area contributed by atoms with Crippen molar-refractivity contribution in [1.29, 1.82) is 0 Å². The van der Waals surface area contributed by atoms with Crippen molar-refractivity contribution < 1.29 is 24.2 Å². The molecule has 1 aliphatic heterocycles. The fourth-order valence-electron chi connectivity index (χ4n) is 2.90. The number of aliphatic imine (C=N–C) groups is 2. The van der Waals surface area contributed by atoms with E-state index in [4.69, 9.17) is 9.47 Å². The average Bonchev–Trinajstić information content (AvgIpc) is 3.06. The van der Waals surface area contributed by atoms with Crippen molar-refractivity contribution in [3.63, 3.8) is 0 Å². The number of aliphatic hydroxyl groups is 1. The monoisotopic (exact) mass is 392 g/mol. The molecule has 0 atom stereocenters. The lowest BCUT2D eigenvalue weighted by atomic mass is 9.99. The molecule has 0 fully saturated rings. The fraction of sp³-hybridized carbons (Fsp3) is 0.182. The lowest BCUT2D eigenvalue weighted by molar-refractivity contribution is -0.138. The van der Waals surface area contributed by atoms with E-state index in [-0.39, 0.29) is 29.5 Å². The van der Waals surface area contributed by atoms with Gasteiger partial charge in [-0.1, -0.05) is 24.3 Å². The Hall–Kier alpha value is -3.74. The van der Waals surface area contributed by atoms with Gasteiger partial charge in [0, 0.05) is 16.7 Å². The van der Waals surface area contributed by atoms with Crippen molar-refractivity contribution in [2.75, 3.05) is 13.7 Å². The van der Waals surface area contributed by atoms with Gasteiger partial charge in [-0.15, -0.1) is 0 Å². The van der Waals surface area contributed by atoms with E-state index in [0.29, 0.717) is 22.4 Å². The van der Waals surface area contributed by atoms with E-state index in [1.165, 1.54) is 6.92 Å². The summed E-state index contributed by atoms with van der Waals surface area (Å²) in [6.07, 6.45) is 0. The summed E-state index contributed by atoms with van der Waals surface area (Å²) in [5.41, 5.74) is 1.72. The Labute approximate surface area is 168 Å². The summed E-state index contributed by atoms with van der Waals surface area (Å²) in [6, 6.07) is 13.6. The summed E-state index contributed by atoms with van der Waals surface area (Å²) in [5.74, 6) is -0.601. The number of carbonyl (C=O) groups is 2. The van der Waals surface area contributed by atoms with Crippen LogP contribution in [0.2, 0.25) is 0 Å². The number of esters is 1. The number of nitrogens with zero attached hydrogens (tertiary/aromatic N) is 2. The van der Waals surface area contributed by atoms with Gasteiger partial charge in [0.05, 0.1) is 19.4 Å². The standard InChI is InChI=1S/C22H20N2O5/c1-4-29-22(27)18(13(2)25)19-16-7-5-6-8-17(16)20(23-19)24-21(26)14-9-11-15(28-3)12-10-14/h5-12,25H,4H2,1-3H3/b18-13-,24-20?. The predicted octanol–water partition coefficient (Wildman–Crippen LogP) is 3.48. The smallest absolute Gasteiger partial charge is 0.343 e. The third-order valence-electron chi connectivity index (χ3n) is 4.26. The third kappa shape index (κ3) is 4.08. The quantitative estimate of drug-likeness (QED) is 0.477. The van der Waals surface area contributed by atoms with Gasteiger partial charge in [0.1, 0.15) is 17.1 Å². The zero-order chi connectivity index (χ0) is 21.0. The van der Waals surface area contributed by atoms with Crippen LogP contribution < -0.4 is 4.74 Å². The normalized spacial score (nSPS) is 14.7. The molecule has 3 rings (SSSR count). The van der Waals surface area contributed by atoms with Crippen LogP contribution in [-0.4, -0.2) is 42.2 Å². The van der Waals surface area contributed by atoms with Crippen LogP contribution in [-0.2, 0) is 9.53 Å². The first kappa shape index (κ1) is 20.0. The molecule has 1 amide bonds. The molecule has 0 radical (unpaired) electrons. The number of allylic oxidation sites excluding steroid dienone is 1. The Morgan fingerprint density at radius 1 is 1.07 bits per heavy atom. The van der Waals surface area contributed by atoms with Gasteiger partial charge < -0.3 is 14.6 Å². The number of hydrogen-bond donors (Lipinski definition) is 1. The van der Waals surface area contributed by atoms with Crippen molar-refractivity contribution in [1.82, 2.24) is 0 Å². The van der Waals surface area contributed by atoms with Crippen molar-refractivity contribution in [2.24, 2.45) is 9.98 Å². The maximum Gasteiger partial charge on any atom is 0.343 e. The van der Waals surface area contributed by atoms with Crippen LogP contribution >= 0.6 is 0 Å². The Morgan fingerprint density at radius 2 is 1.72 bits per heavy atom. The minimum atomic E-state index is -0.691. The summed E-state index contributed by atoms with van der Waals surface area (Å²) >= 11 is 0. The van der Waals surface area contributed by atoms with Crippen LogP contribution in [0.25, 0.3) is 0 Å². The minimum Gasteiger partial charge on any atom is -0.512 e. The van der Waals surface area contributed by atoms with E-state index in [1.54, 1.807) is 62.6 Å². The Balaban J connectivity index is 2.05. The maximum atomic E-state index is 12.6. The highest BCUT2D eigenvalue weighted by Gasteiger charge is 2.30. The van der Waals surface area contributed by atoms with E-state index in [2.05, 4.69) is 9.98 Å². The second-order valence-electron chi connectivity index (χ2n) is 6.16. The summed E-state index contributed by atoms with van der Waals surface area (Å²) in [5, 5.41) is 10.1. The second-order valence-corrected chi connectivity index (χ2v) is 6.16. The second kappa shape index (κ2) is 8.52. The molecule has 7 nitrogen and oxygen atoms in total. The Kier molecular flexibility index (Phi) is 5.87. The molecule has 148 valence electrons. The zero-order valence-corrected chi connectivity index (χ0v) is 16.3. The van der Waals surface area contributed by atoms with Crippen LogP contribution in [0.3, 0.4) is 0 Å². The minimum absolute atomic E-state index is 0.0543. The first-order valence-electron chi connectivity index (χ1n) is 8.99. The molecular weight excluding hydrogens is 372 g/mol. The van der Waals surface area contributed by atoms with Gasteiger partial charge in [-0.3, -0.25) is 4.79 Å². The van der Waals surface area contributed by atoms with Crippen LogP contribution in [0.1, 0.15) is 35.3 Å². The molecule has 0 aromatic heterocycles.